The van der Waals surface area contributed by atoms with Crippen LogP contribution < -0.4 is 0 Å². The van der Waals surface area contributed by atoms with E-state index in [0.29, 0.717) is 12.0 Å². The lowest BCUT2D eigenvalue weighted by Gasteiger charge is -2.37. The van der Waals surface area contributed by atoms with E-state index in [-0.39, 0.29) is 10.8 Å². The maximum absolute atomic E-state index is 6.36. The summed E-state index contributed by atoms with van der Waals surface area (Å²) in [6, 6.07) is 20.6. The lowest BCUT2D eigenvalue weighted by molar-refractivity contribution is 0.183. The average molecular weight is 432 g/mol. The van der Waals surface area contributed by atoms with Gasteiger partial charge in [0.2, 0.25) is 0 Å². The summed E-state index contributed by atoms with van der Waals surface area (Å²) in [4.78, 5) is 2.70. The molecule has 0 radical (unpaired) electrons. The summed E-state index contributed by atoms with van der Waals surface area (Å²) in [5.41, 5.74) is 4.21. The highest BCUT2D eigenvalue weighted by atomic mass is 35.5. The molecule has 29 heavy (non-hydrogen) atoms. The van der Waals surface area contributed by atoms with Crippen molar-refractivity contribution in [2.45, 2.75) is 75.1 Å². The third-order valence-electron chi connectivity index (χ3n) is 6.41. The van der Waals surface area contributed by atoms with Gasteiger partial charge in [0, 0.05) is 18.5 Å². The number of alkyl halides is 2. The van der Waals surface area contributed by atoms with Gasteiger partial charge in [0.05, 0.1) is 10.8 Å². The molecule has 0 N–H and O–H groups in total. The third-order valence-corrected chi connectivity index (χ3v) is 7.60. The van der Waals surface area contributed by atoms with Crippen LogP contribution in [0, 0.1) is 0 Å². The van der Waals surface area contributed by atoms with E-state index in [1.54, 1.807) is 0 Å². The van der Waals surface area contributed by atoms with E-state index in [4.69, 9.17) is 23.2 Å². The van der Waals surface area contributed by atoms with Crippen molar-refractivity contribution in [1.29, 1.82) is 0 Å². The SMILES string of the molecule is CCCN(CCc1ccccc1)C(CC)CCc1ccc(C2CC(Cl)C2Cl)cc1. The second-order valence-corrected chi connectivity index (χ2v) is 9.48. The molecule has 3 rings (SSSR count). The molecule has 0 bridgehead atoms. The summed E-state index contributed by atoms with van der Waals surface area (Å²) in [7, 11) is 0. The highest BCUT2D eigenvalue weighted by Gasteiger charge is 2.39. The van der Waals surface area contributed by atoms with Gasteiger partial charge < -0.3 is 4.90 Å². The molecule has 0 heterocycles. The number of benzene rings is 2. The van der Waals surface area contributed by atoms with Crippen LogP contribution in [0.3, 0.4) is 0 Å². The standard InChI is InChI=1S/C26H35Cl2N/c1-3-17-29(18-16-20-8-6-5-7-9-20)23(4-2)15-12-21-10-13-22(14-11-21)24-19-25(27)26(24)28/h5-11,13-14,23-26H,3-4,12,15-19H2,1-2H3. The zero-order valence-corrected chi connectivity index (χ0v) is 19.4. The van der Waals surface area contributed by atoms with Gasteiger partial charge in [-0.25, -0.2) is 0 Å². The number of hydrogen-bond donors (Lipinski definition) is 0. The predicted octanol–water partition coefficient (Wildman–Crippen LogP) is 7.05. The Kier molecular flexibility index (Phi) is 8.90. The van der Waals surface area contributed by atoms with Crippen LogP contribution in [-0.2, 0) is 12.8 Å². The first-order chi connectivity index (χ1) is 14.1. The van der Waals surface area contributed by atoms with Crippen LogP contribution >= 0.6 is 23.2 Å². The Morgan fingerprint density at radius 1 is 0.897 bits per heavy atom. The summed E-state index contributed by atoms with van der Waals surface area (Å²) in [6.07, 6.45) is 6.91. The van der Waals surface area contributed by atoms with Gasteiger partial charge in [-0.15, -0.1) is 23.2 Å². The molecular formula is C26H35Cl2N. The molecule has 1 fully saturated rings. The summed E-state index contributed by atoms with van der Waals surface area (Å²) in [6.45, 7) is 6.95. The number of hydrogen-bond acceptors (Lipinski definition) is 1. The Labute approximate surface area is 187 Å². The number of rotatable bonds is 11. The van der Waals surface area contributed by atoms with Crippen LogP contribution in [0.5, 0.6) is 0 Å². The zero-order chi connectivity index (χ0) is 20.6. The summed E-state index contributed by atoms with van der Waals surface area (Å²) in [5, 5.41) is 0.214. The molecule has 1 aliphatic carbocycles. The average Bonchev–Trinajstić information content (AvgIpc) is 2.77. The number of aryl methyl sites for hydroxylation is 1. The lowest BCUT2D eigenvalue weighted by atomic mass is 9.78. The molecular weight excluding hydrogens is 397 g/mol. The fraction of sp³-hybridized carbons (Fsp3) is 0.538. The van der Waals surface area contributed by atoms with Crippen molar-refractivity contribution in [3.8, 4) is 0 Å². The van der Waals surface area contributed by atoms with Gasteiger partial charge in [-0.3, -0.25) is 0 Å². The minimum absolute atomic E-state index is 0.0826. The second kappa shape index (κ2) is 11.4. The van der Waals surface area contributed by atoms with Gasteiger partial charge in [-0.2, -0.15) is 0 Å². The minimum atomic E-state index is 0.0826. The Hall–Kier alpha value is -1.02. The van der Waals surface area contributed by atoms with Crippen molar-refractivity contribution in [2.75, 3.05) is 13.1 Å². The van der Waals surface area contributed by atoms with Crippen molar-refractivity contribution in [3.05, 3.63) is 71.3 Å². The largest absolute Gasteiger partial charge is 0.300 e. The quantitative estimate of drug-likeness (QED) is 0.344. The molecule has 158 valence electrons. The molecule has 1 aliphatic rings. The fourth-order valence-corrected chi connectivity index (χ4v) is 5.19. The van der Waals surface area contributed by atoms with E-state index >= 15 is 0 Å². The highest BCUT2D eigenvalue weighted by molar-refractivity contribution is 6.31. The molecule has 1 nitrogen and oxygen atoms in total. The molecule has 4 unspecified atom stereocenters. The molecule has 2 aromatic carbocycles. The number of nitrogens with zero attached hydrogens (tertiary/aromatic N) is 1. The van der Waals surface area contributed by atoms with Crippen molar-refractivity contribution >= 4 is 23.2 Å². The van der Waals surface area contributed by atoms with Crippen molar-refractivity contribution in [2.24, 2.45) is 0 Å². The molecule has 4 atom stereocenters. The molecule has 2 aromatic rings. The first-order valence-electron chi connectivity index (χ1n) is 11.3. The summed E-state index contributed by atoms with van der Waals surface area (Å²) >= 11 is 12.5. The molecule has 0 saturated heterocycles. The zero-order valence-electron chi connectivity index (χ0n) is 17.9. The highest BCUT2D eigenvalue weighted by Crippen LogP contribution is 2.44. The molecule has 0 aromatic heterocycles. The smallest absolute Gasteiger partial charge is 0.0568 e. The monoisotopic (exact) mass is 431 g/mol. The Morgan fingerprint density at radius 3 is 2.17 bits per heavy atom. The van der Waals surface area contributed by atoms with Gasteiger partial charge in [-0.1, -0.05) is 68.4 Å². The van der Waals surface area contributed by atoms with Crippen LogP contribution in [0.25, 0.3) is 0 Å². The summed E-state index contributed by atoms with van der Waals surface area (Å²) < 4.78 is 0. The minimum Gasteiger partial charge on any atom is -0.300 e. The maximum atomic E-state index is 6.36. The van der Waals surface area contributed by atoms with Crippen LogP contribution in [0.2, 0.25) is 0 Å². The number of halogens is 2. The van der Waals surface area contributed by atoms with Gasteiger partial charge in [0.1, 0.15) is 0 Å². The van der Waals surface area contributed by atoms with Crippen molar-refractivity contribution < 1.29 is 0 Å². The second-order valence-electron chi connectivity index (χ2n) is 8.42. The molecule has 0 spiro atoms. The van der Waals surface area contributed by atoms with E-state index in [1.807, 2.05) is 0 Å². The van der Waals surface area contributed by atoms with E-state index in [2.05, 4.69) is 73.3 Å². The van der Waals surface area contributed by atoms with Crippen molar-refractivity contribution in [3.63, 3.8) is 0 Å². The van der Waals surface area contributed by atoms with Crippen LogP contribution in [0.4, 0.5) is 0 Å². The van der Waals surface area contributed by atoms with Gasteiger partial charge in [-0.05, 0) is 61.8 Å². The molecule has 3 heteroatoms. The Morgan fingerprint density at radius 2 is 1.59 bits per heavy atom. The first-order valence-corrected chi connectivity index (χ1v) is 12.1. The van der Waals surface area contributed by atoms with Gasteiger partial charge >= 0.3 is 0 Å². The summed E-state index contributed by atoms with van der Waals surface area (Å²) in [5.74, 6) is 0.426. The van der Waals surface area contributed by atoms with Gasteiger partial charge in [0.25, 0.3) is 0 Å². The topological polar surface area (TPSA) is 3.24 Å². The van der Waals surface area contributed by atoms with Crippen LogP contribution in [0.1, 0.15) is 62.1 Å². The fourth-order valence-electron chi connectivity index (χ4n) is 4.47. The Bertz CT molecular complexity index is 715. The van der Waals surface area contributed by atoms with Gasteiger partial charge in [0.15, 0.2) is 0 Å². The normalized spacial score (nSPS) is 22.4. The van der Waals surface area contributed by atoms with E-state index in [1.165, 1.54) is 42.5 Å². The Balaban J connectivity index is 1.53. The van der Waals surface area contributed by atoms with E-state index in [0.717, 1.165) is 25.8 Å². The van der Waals surface area contributed by atoms with Crippen LogP contribution in [0.15, 0.2) is 54.6 Å². The van der Waals surface area contributed by atoms with Crippen molar-refractivity contribution in [1.82, 2.24) is 4.90 Å². The predicted molar refractivity (Wildman–Crippen MR) is 127 cm³/mol. The molecule has 1 saturated carbocycles. The first kappa shape index (κ1) is 22.7. The third kappa shape index (κ3) is 6.23. The van der Waals surface area contributed by atoms with E-state index in [9.17, 15) is 0 Å². The van der Waals surface area contributed by atoms with E-state index < -0.39 is 0 Å². The molecule has 0 aliphatic heterocycles. The van der Waals surface area contributed by atoms with Crippen LogP contribution in [-0.4, -0.2) is 34.8 Å². The lowest BCUT2D eigenvalue weighted by Crippen LogP contribution is -2.37. The maximum Gasteiger partial charge on any atom is 0.0568 e. The molecule has 0 amide bonds.